The van der Waals surface area contributed by atoms with Crippen LogP contribution < -0.4 is 5.32 Å². The molecule has 2 amide bonds. The minimum absolute atomic E-state index is 0.219. The minimum Gasteiger partial charge on any atom is -0.208 e. The van der Waals surface area contributed by atoms with E-state index in [-0.39, 0.29) is 6.03 Å². The van der Waals surface area contributed by atoms with Gasteiger partial charge in [-0.25, -0.2) is 9.89 Å². The standard InChI is InChI=1S/C10H12N2O/c1-8-4-6-9(7-5-8)11-10(13)12(2)3/h4-7H,2H2,1,3H3/p+1. The molecule has 0 fully saturated rings. The molecular formula is C10H13N2O+. The number of urea groups is 1. The van der Waals surface area contributed by atoms with E-state index in [1.54, 1.807) is 7.05 Å². The second kappa shape index (κ2) is 3.85. The van der Waals surface area contributed by atoms with Crippen LogP contribution in [0.15, 0.2) is 24.3 Å². The quantitative estimate of drug-likeness (QED) is 0.515. The lowest BCUT2D eigenvalue weighted by atomic mass is 10.2. The number of hydrogen-bond acceptors (Lipinski definition) is 1. The fraction of sp³-hybridized carbons (Fsp3) is 0.200. The normalized spacial score (nSPS) is 9.38. The van der Waals surface area contributed by atoms with Gasteiger partial charge in [-0.2, -0.15) is 4.79 Å². The highest BCUT2D eigenvalue weighted by molar-refractivity contribution is 5.83. The van der Waals surface area contributed by atoms with Crippen molar-refractivity contribution in [2.24, 2.45) is 0 Å². The molecule has 1 rings (SSSR count). The fourth-order valence-electron chi connectivity index (χ4n) is 0.856. The molecule has 0 aliphatic rings. The summed E-state index contributed by atoms with van der Waals surface area (Å²) >= 11 is 0. The summed E-state index contributed by atoms with van der Waals surface area (Å²) < 4.78 is 1.25. The van der Waals surface area contributed by atoms with Crippen LogP contribution in [0.3, 0.4) is 0 Å². The third-order valence-electron chi connectivity index (χ3n) is 1.65. The van der Waals surface area contributed by atoms with Gasteiger partial charge in [0.05, 0.1) is 13.8 Å². The second-order valence-corrected chi connectivity index (χ2v) is 2.99. The molecule has 1 aromatic carbocycles. The zero-order valence-electron chi connectivity index (χ0n) is 7.87. The molecule has 0 bridgehead atoms. The first kappa shape index (κ1) is 9.45. The summed E-state index contributed by atoms with van der Waals surface area (Å²) in [6.07, 6.45) is 0. The number of carbonyl (C=O) groups is 1. The van der Waals surface area contributed by atoms with Crippen molar-refractivity contribution >= 4 is 18.4 Å². The molecule has 0 atom stereocenters. The average Bonchev–Trinajstić information content (AvgIpc) is 2.08. The van der Waals surface area contributed by atoms with Crippen LogP contribution in [0.1, 0.15) is 5.56 Å². The molecule has 1 aromatic rings. The minimum atomic E-state index is -0.219. The highest BCUT2D eigenvalue weighted by Gasteiger charge is 2.09. The summed E-state index contributed by atoms with van der Waals surface area (Å²) in [7, 11) is 1.60. The van der Waals surface area contributed by atoms with Crippen molar-refractivity contribution in [3.05, 3.63) is 29.8 Å². The van der Waals surface area contributed by atoms with Crippen molar-refractivity contribution in [1.82, 2.24) is 0 Å². The van der Waals surface area contributed by atoms with Crippen molar-refractivity contribution in [1.29, 1.82) is 0 Å². The molecule has 0 unspecified atom stereocenters. The Balaban J connectivity index is 2.70. The molecule has 68 valence electrons. The number of anilines is 1. The highest BCUT2D eigenvalue weighted by atomic mass is 16.2. The van der Waals surface area contributed by atoms with Crippen molar-refractivity contribution in [3.8, 4) is 0 Å². The largest absolute Gasteiger partial charge is 0.495 e. The Morgan fingerprint density at radius 2 is 1.92 bits per heavy atom. The van der Waals surface area contributed by atoms with Gasteiger partial charge in [0, 0.05) is 0 Å². The molecule has 1 N–H and O–H groups in total. The van der Waals surface area contributed by atoms with E-state index in [9.17, 15) is 4.79 Å². The molecule has 0 aromatic heterocycles. The van der Waals surface area contributed by atoms with Crippen LogP contribution in [0.5, 0.6) is 0 Å². The molecule has 0 aliphatic heterocycles. The topological polar surface area (TPSA) is 32.1 Å². The van der Waals surface area contributed by atoms with E-state index in [0.717, 1.165) is 5.69 Å². The number of amides is 2. The van der Waals surface area contributed by atoms with Gasteiger partial charge >= 0.3 is 6.03 Å². The highest BCUT2D eigenvalue weighted by Crippen LogP contribution is 2.08. The number of benzene rings is 1. The van der Waals surface area contributed by atoms with Gasteiger partial charge in [-0.1, -0.05) is 17.7 Å². The summed E-state index contributed by atoms with van der Waals surface area (Å²) in [6, 6.07) is 7.38. The van der Waals surface area contributed by atoms with Crippen molar-refractivity contribution < 1.29 is 9.37 Å². The monoisotopic (exact) mass is 177 g/mol. The maximum Gasteiger partial charge on any atom is 0.495 e. The van der Waals surface area contributed by atoms with Crippen molar-refractivity contribution in [3.63, 3.8) is 0 Å². The Morgan fingerprint density at radius 3 is 2.38 bits per heavy atom. The van der Waals surface area contributed by atoms with Crippen LogP contribution in [0, 0.1) is 6.92 Å². The number of aryl methyl sites for hydroxylation is 1. The zero-order chi connectivity index (χ0) is 9.84. The third kappa shape index (κ3) is 2.71. The number of hydrogen-bond donors (Lipinski definition) is 1. The van der Waals surface area contributed by atoms with Crippen LogP contribution in [-0.2, 0) is 0 Å². The Kier molecular flexibility index (Phi) is 2.80. The van der Waals surface area contributed by atoms with Gasteiger partial charge in [0.1, 0.15) is 5.69 Å². The Morgan fingerprint density at radius 1 is 1.38 bits per heavy atom. The number of carbonyl (C=O) groups excluding carboxylic acids is 1. The van der Waals surface area contributed by atoms with E-state index >= 15 is 0 Å². The lowest BCUT2D eigenvalue weighted by Gasteiger charge is -1.97. The van der Waals surface area contributed by atoms with E-state index in [1.807, 2.05) is 31.2 Å². The van der Waals surface area contributed by atoms with Crippen LogP contribution >= 0.6 is 0 Å². The van der Waals surface area contributed by atoms with Gasteiger partial charge in [-0.3, -0.25) is 0 Å². The number of rotatable bonds is 1. The number of nitrogens with zero attached hydrogens (tertiary/aromatic N) is 1. The van der Waals surface area contributed by atoms with Gasteiger partial charge in [-0.05, 0) is 19.1 Å². The van der Waals surface area contributed by atoms with E-state index < -0.39 is 0 Å². The summed E-state index contributed by atoms with van der Waals surface area (Å²) in [4.78, 5) is 11.1. The molecule has 3 heteroatoms. The average molecular weight is 177 g/mol. The molecule has 0 radical (unpaired) electrons. The van der Waals surface area contributed by atoms with Crippen LogP contribution in [0.2, 0.25) is 0 Å². The van der Waals surface area contributed by atoms with Gasteiger partial charge < -0.3 is 0 Å². The molecule has 0 saturated heterocycles. The van der Waals surface area contributed by atoms with Crippen molar-refractivity contribution in [2.75, 3.05) is 12.4 Å². The lowest BCUT2D eigenvalue weighted by Crippen LogP contribution is -2.21. The first-order valence-corrected chi connectivity index (χ1v) is 4.01. The molecule has 0 saturated carbocycles. The molecule has 3 nitrogen and oxygen atoms in total. The molecule has 13 heavy (non-hydrogen) atoms. The maximum atomic E-state index is 11.1. The molecule has 0 heterocycles. The Labute approximate surface area is 77.7 Å². The van der Waals surface area contributed by atoms with Gasteiger partial charge in [-0.15, -0.1) is 0 Å². The third-order valence-corrected chi connectivity index (χ3v) is 1.65. The second-order valence-electron chi connectivity index (χ2n) is 2.99. The first-order valence-electron chi connectivity index (χ1n) is 4.01. The number of nitrogens with one attached hydrogen (secondary N) is 1. The van der Waals surface area contributed by atoms with Gasteiger partial charge in [0.2, 0.25) is 0 Å². The molecule has 0 aliphatic carbocycles. The summed E-state index contributed by atoms with van der Waals surface area (Å²) in [6.45, 7) is 5.47. The predicted molar refractivity (Wildman–Crippen MR) is 53.5 cm³/mol. The SMILES string of the molecule is C=[N+](C)C(=O)Nc1ccc(C)cc1. The van der Waals surface area contributed by atoms with Crippen LogP contribution in [-0.4, -0.2) is 24.4 Å². The molecular weight excluding hydrogens is 164 g/mol. The van der Waals surface area contributed by atoms with Crippen LogP contribution in [0.25, 0.3) is 0 Å². The van der Waals surface area contributed by atoms with Crippen LogP contribution in [0.4, 0.5) is 10.5 Å². The van der Waals surface area contributed by atoms with E-state index in [1.165, 1.54) is 10.1 Å². The fourth-order valence-corrected chi connectivity index (χ4v) is 0.856. The molecule has 0 spiro atoms. The smallest absolute Gasteiger partial charge is 0.208 e. The van der Waals surface area contributed by atoms with Crippen molar-refractivity contribution in [2.45, 2.75) is 6.92 Å². The summed E-state index contributed by atoms with van der Waals surface area (Å²) in [5.74, 6) is 0. The maximum absolute atomic E-state index is 11.1. The Bertz CT molecular complexity index is 327. The van der Waals surface area contributed by atoms with E-state index in [4.69, 9.17) is 0 Å². The predicted octanol–water partition coefficient (Wildman–Crippen LogP) is 1.87. The van der Waals surface area contributed by atoms with E-state index in [2.05, 4.69) is 12.0 Å². The Hall–Kier alpha value is -1.64. The first-order chi connectivity index (χ1) is 6.09. The van der Waals surface area contributed by atoms with E-state index in [0.29, 0.717) is 0 Å². The lowest BCUT2D eigenvalue weighted by molar-refractivity contribution is -0.378. The summed E-state index contributed by atoms with van der Waals surface area (Å²) in [5.41, 5.74) is 1.95. The van der Waals surface area contributed by atoms with Gasteiger partial charge in [0.15, 0.2) is 0 Å². The van der Waals surface area contributed by atoms with Gasteiger partial charge in [0.25, 0.3) is 0 Å². The summed E-state index contributed by atoms with van der Waals surface area (Å²) in [5, 5.41) is 2.69. The zero-order valence-corrected chi connectivity index (χ0v) is 7.87.